The monoisotopic (exact) mass is 266 g/mol. The first kappa shape index (κ1) is 14.8. The number of nitrogens with zero attached hydrogens (tertiary/aromatic N) is 1. The number of rotatable bonds is 6. The highest BCUT2D eigenvalue weighted by Crippen LogP contribution is 2.52. The second kappa shape index (κ2) is 5.43. The molecule has 2 rings (SSSR count). The van der Waals surface area contributed by atoms with Crippen LogP contribution in [0.4, 0.5) is 0 Å². The van der Waals surface area contributed by atoms with Crippen molar-refractivity contribution in [1.29, 1.82) is 0 Å². The number of amides is 1. The molecule has 3 nitrogen and oxygen atoms in total. The SMILES string of the molecule is CCC1NC(CC(C)C)N(CC2(C(C)C)CC2)C1=O. The van der Waals surface area contributed by atoms with Crippen molar-refractivity contribution < 1.29 is 4.79 Å². The molecule has 19 heavy (non-hydrogen) atoms. The van der Waals surface area contributed by atoms with Crippen LogP contribution in [0.1, 0.15) is 60.3 Å². The Balaban J connectivity index is 2.08. The zero-order chi connectivity index (χ0) is 14.2. The van der Waals surface area contributed by atoms with Crippen LogP contribution in [0, 0.1) is 17.3 Å². The number of carbonyl (C=O) groups excluding carboxylic acids is 1. The minimum absolute atomic E-state index is 0.0479. The lowest BCUT2D eigenvalue weighted by molar-refractivity contribution is -0.131. The molecule has 2 fully saturated rings. The minimum Gasteiger partial charge on any atom is -0.325 e. The Bertz CT molecular complexity index is 334. The Morgan fingerprint density at radius 2 is 1.95 bits per heavy atom. The van der Waals surface area contributed by atoms with E-state index in [1.54, 1.807) is 0 Å². The van der Waals surface area contributed by atoms with E-state index >= 15 is 0 Å². The molecule has 1 amide bonds. The van der Waals surface area contributed by atoms with E-state index < -0.39 is 0 Å². The predicted octanol–water partition coefficient (Wildman–Crippen LogP) is 3.01. The summed E-state index contributed by atoms with van der Waals surface area (Å²) >= 11 is 0. The van der Waals surface area contributed by atoms with Gasteiger partial charge in [-0.25, -0.2) is 0 Å². The number of carbonyl (C=O) groups is 1. The van der Waals surface area contributed by atoms with Crippen LogP contribution in [0.2, 0.25) is 0 Å². The standard InChI is InChI=1S/C16H30N2O/c1-6-13-15(19)18(14(17-13)9-11(2)3)10-16(7-8-16)12(4)5/h11-14,17H,6-10H2,1-5H3. The van der Waals surface area contributed by atoms with Crippen molar-refractivity contribution in [3.05, 3.63) is 0 Å². The molecule has 1 saturated heterocycles. The lowest BCUT2D eigenvalue weighted by Gasteiger charge is -2.31. The Morgan fingerprint density at radius 1 is 1.32 bits per heavy atom. The van der Waals surface area contributed by atoms with Gasteiger partial charge in [-0.3, -0.25) is 10.1 Å². The van der Waals surface area contributed by atoms with Gasteiger partial charge in [0.2, 0.25) is 5.91 Å². The quantitative estimate of drug-likeness (QED) is 0.801. The number of hydrogen-bond donors (Lipinski definition) is 1. The second-order valence-electron chi connectivity index (χ2n) is 7.26. The van der Waals surface area contributed by atoms with Crippen molar-refractivity contribution in [2.75, 3.05) is 6.54 Å². The van der Waals surface area contributed by atoms with Gasteiger partial charge in [0.05, 0.1) is 12.2 Å². The van der Waals surface area contributed by atoms with E-state index in [-0.39, 0.29) is 12.2 Å². The summed E-state index contributed by atoms with van der Waals surface area (Å²) in [6.45, 7) is 12.1. The average molecular weight is 266 g/mol. The number of nitrogens with one attached hydrogen (secondary N) is 1. The van der Waals surface area contributed by atoms with E-state index in [1.165, 1.54) is 12.8 Å². The van der Waals surface area contributed by atoms with E-state index in [2.05, 4.69) is 44.8 Å². The van der Waals surface area contributed by atoms with Crippen LogP contribution in [0.5, 0.6) is 0 Å². The first-order chi connectivity index (χ1) is 8.89. The first-order valence-corrected chi connectivity index (χ1v) is 7.96. The molecule has 2 unspecified atom stereocenters. The van der Waals surface area contributed by atoms with Crippen molar-refractivity contribution in [2.24, 2.45) is 17.3 Å². The smallest absolute Gasteiger partial charge is 0.241 e. The predicted molar refractivity (Wildman–Crippen MR) is 78.7 cm³/mol. The van der Waals surface area contributed by atoms with Gasteiger partial charge in [0.25, 0.3) is 0 Å². The maximum Gasteiger partial charge on any atom is 0.241 e. The third-order valence-corrected chi connectivity index (χ3v) is 5.06. The molecule has 0 bridgehead atoms. The summed E-state index contributed by atoms with van der Waals surface area (Å²) in [5.74, 6) is 1.64. The molecular formula is C16H30N2O. The maximum atomic E-state index is 12.5. The zero-order valence-electron chi connectivity index (χ0n) is 13.2. The first-order valence-electron chi connectivity index (χ1n) is 7.96. The van der Waals surface area contributed by atoms with E-state index in [0.717, 1.165) is 19.4 Å². The molecule has 110 valence electrons. The van der Waals surface area contributed by atoms with Gasteiger partial charge >= 0.3 is 0 Å². The van der Waals surface area contributed by atoms with Gasteiger partial charge in [0.1, 0.15) is 0 Å². The third-order valence-electron chi connectivity index (χ3n) is 5.06. The van der Waals surface area contributed by atoms with E-state index in [9.17, 15) is 4.79 Å². The van der Waals surface area contributed by atoms with Crippen LogP contribution in [0.3, 0.4) is 0 Å². The molecule has 1 aliphatic heterocycles. The topological polar surface area (TPSA) is 32.3 Å². The van der Waals surface area contributed by atoms with Crippen LogP contribution in [0.25, 0.3) is 0 Å². The van der Waals surface area contributed by atoms with Crippen molar-refractivity contribution in [2.45, 2.75) is 72.5 Å². The molecule has 0 spiro atoms. The molecule has 0 aromatic heterocycles. The lowest BCUT2D eigenvalue weighted by atomic mass is 9.91. The maximum absolute atomic E-state index is 12.5. The Labute approximate surface area is 118 Å². The second-order valence-corrected chi connectivity index (χ2v) is 7.26. The van der Waals surface area contributed by atoms with Crippen LogP contribution in [-0.2, 0) is 4.79 Å². The molecule has 1 heterocycles. The molecule has 3 heteroatoms. The normalized spacial score (nSPS) is 29.6. The fourth-order valence-corrected chi connectivity index (χ4v) is 3.29. The van der Waals surface area contributed by atoms with Crippen molar-refractivity contribution in [3.63, 3.8) is 0 Å². The van der Waals surface area contributed by atoms with Gasteiger partial charge in [0, 0.05) is 6.54 Å². The van der Waals surface area contributed by atoms with Crippen LogP contribution in [0.15, 0.2) is 0 Å². The Morgan fingerprint density at radius 3 is 2.37 bits per heavy atom. The minimum atomic E-state index is 0.0479. The van der Waals surface area contributed by atoms with Gasteiger partial charge < -0.3 is 4.90 Å². The van der Waals surface area contributed by atoms with Crippen LogP contribution in [-0.4, -0.2) is 29.6 Å². The van der Waals surface area contributed by atoms with E-state index in [0.29, 0.717) is 23.2 Å². The molecule has 1 saturated carbocycles. The largest absolute Gasteiger partial charge is 0.325 e. The molecule has 0 radical (unpaired) electrons. The summed E-state index contributed by atoms with van der Waals surface area (Å²) in [5.41, 5.74) is 0.412. The Hall–Kier alpha value is -0.570. The van der Waals surface area contributed by atoms with E-state index in [4.69, 9.17) is 0 Å². The number of hydrogen-bond acceptors (Lipinski definition) is 2. The summed E-state index contributed by atoms with van der Waals surface area (Å²) < 4.78 is 0. The summed E-state index contributed by atoms with van der Waals surface area (Å²) in [5, 5.41) is 3.54. The van der Waals surface area contributed by atoms with Gasteiger partial charge in [-0.1, -0.05) is 34.6 Å². The molecule has 1 aliphatic carbocycles. The van der Waals surface area contributed by atoms with Crippen molar-refractivity contribution in [1.82, 2.24) is 10.2 Å². The highest BCUT2D eigenvalue weighted by Gasteiger charge is 2.50. The zero-order valence-corrected chi connectivity index (χ0v) is 13.2. The fraction of sp³-hybridized carbons (Fsp3) is 0.938. The van der Waals surface area contributed by atoms with E-state index in [1.807, 2.05) is 0 Å². The van der Waals surface area contributed by atoms with Gasteiger partial charge in [-0.2, -0.15) is 0 Å². The molecule has 2 aliphatic rings. The third kappa shape index (κ3) is 2.96. The van der Waals surface area contributed by atoms with Gasteiger partial charge in [0.15, 0.2) is 0 Å². The van der Waals surface area contributed by atoms with Crippen molar-refractivity contribution in [3.8, 4) is 0 Å². The van der Waals surface area contributed by atoms with Crippen LogP contribution < -0.4 is 5.32 Å². The summed E-state index contributed by atoms with van der Waals surface area (Å²) in [7, 11) is 0. The van der Waals surface area contributed by atoms with Gasteiger partial charge in [-0.15, -0.1) is 0 Å². The molecule has 0 aromatic rings. The molecule has 1 N–H and O–H groups in total. The van der Waals surface area contributed by atoms with Crippen LogP contribution >= 0.6 is 0 Å². The molecule has 2 atom stereocenters. The lowest BCUT2D eigenvalue weighted by Crippen LogP contribution is -2.42. The summed E-state index contributed by atoms with van der Waals surface area (Å²) in [4.78, 5) is 14.7. The average Bonchev–Trinajstić information content (AvgIpc) is 3.05. The summed E-state index contributed by atoms with van der Waals surface area (Å²) in [6.07, 6.45) is 4.81. The molecular weight excluding hydrogens is 236 g/mol. The molecule has 0 aromatic carbocycles. The highest BCUT2D eigenvalue weighted by molar-refractivity contribution is 5.84. The highest BCUT2D eigenvalue weighted by atomic mass is 16.2. The van der Waals surface area contributed by atoms with Gasteiger partial charge in [-0.05, 0) is 42.9 Å². The Kier molecular flexibility index (Phi) is 4.24. The van der Waals surface area contributed by atoms with Crippen molar-refractivity contribution >= 4 is 5.91 Å². The summed E-state index contributed by atoms with van der Waals surface area (Å²) in [6, 6.07) is 0.0479. The fourth-order valence-electron chi connectivity index (χ4n) is 3.29.